The highest BCUT2D eigenvalue weighted by molar-refractivity contribution is 5.51. The van der Waals surface area contributed by atoms with Gasteiger partial charge in [0.1, 0.15) is 5.82 Å². The fourth-order valence-corrected chi connectivity index (χ4v) is 0.892. The van der Waals surface area contributed by atoms with Gasteiger partial charge in [-0.2, -0.15) is 0 Å². The molecule has 11 heavy (non-hydrogen) atoms. The lowest BCUT2D eigenvalue weighted by molar-refractivity contribution is 0.628. The molecule has 0 atom stereocenters. The normalized spacial score (nSPS) is 9.36. The fraction of sp³-hybridized carbons (Fsp3) is 0.200. The summed E-state index contributed by atoms with van der Waals surface area (Å²) in [7, 11) is 0. The molecule has 58 valence electrons. The summed E-state index contributed by atoms with van der Waals surface area (Å²) in [5.41, 5.74) is 2.27. The maximum absolute atomic E-state index is 12.4. The molecule has 1 heteroatoms. The van der Waals surface area contributed by atoms with Crippen LogP contribution >= 0.6 is 0 Å². The highest BCUT2D eigenvalue weighted by Crippen LogP contribution is 2.06. The summed E-state index contributed by atoms with van der Waals surface area (Å²) >= 11 is 0. The number of benzene rings is 1. The molecule has 0 amide bonds. The first kappa shape index (κ1) is 7.99. The zero-order valence-electron chi connectivity index (χ0n) is 6.76. The van der Waals surface area contributed by atoms with Crippen molar-refractivity contribution in [2.75, 3.05) is 0 Å². The molecule has 0 fully saturated rings. The van der Waals surface area contributed by atoms with E-state index in [-0.39, 0.29) is 5.82 Å². The van der Waals surface area contributed by atoms with Gasteiger partial charge < -0.3 is 0 Å². The first-order valence-corrected chi connectivity index (χ1v) is 3.59. The first-order chi connectivity index (χ1) is 5.18. The van der Waals surface area contributed by atoms with Crippen molar-refractivity contribution in [3.63, 3.8) is 0 Å². The van der Waals surface area contributed by atoms with E-state index in [1.165, 1.54) is 17.7 Å². The van der Waals surface area contributed by atoms with Crippen molar-refractivity contribution >= 4 is 6.08 Å². The number of halogens is 1. The van der Waals surface area contributed by atoms with Crippen LogP contribution in [-0.4, -0.2) is 0 Å². The topological polar surface area (TPSA) is 0 Å². The average molecular weight is 150 g/mol. The molecule has 0 nitrogen and oxygen atoms in total. The van der Waals surface area contributed by atoms with Gasteiger partial charge in [0.15, 0.2) is 0 Å². The zero-order chi connectivity index (χ0) is 8.27. The predicted molar refractivity (Wildman–Crippen MR) is 45.7 cm³/mol. The Balaban J connectivity index is 2.91. The van der Waals surface area contributed by atoms with Gasteiger partial charge in [0.05, 0.1) is 0 Å². The maximum Gasteiger partial charge on any atom is 0.123 e. The maximum atomic E-state index is 12.4. The number of hydrogen-bond donors (Lipinski definition) is 0. The molecule has 0 aliphatic carbocycles. The second-order valence-corrected chi connectivity index (χ2v) is 2.77. The van der Waals surface area contributed by atoms with Crippen molar-refractivity contribution in [2.45, 2.75) is 13.8 Å². The van der Waals surface area contributed by atoms with E-state index in [2.05, 4.69) is 0 Å². The van der Waals surface area contributed by atoms with Crippen LogP contribution in [0.5, 0.6) is 0 Å². The largest absolute Gasteiger partial charge is 0.207 e. The molecular weight excluding hydrogens is 139 g/mol. The van der Waals surface area contributed by atoms with Crippen molar-refractivity contribution < 1.29 is 4.39 Å². The monoisotopic (exact) mass is 150 g/mol. The summed E-state index contributed by atoms with van der Waals surface area (Å²) in [6, 6.07) is 6.47. The van der Waals surface area contributed by atoms with Gasteiger partial charge in [-0.3, -0.25) is 0 Å². The lowest BCUT2D eigenvalue weighted by Crippen LogP contribution is -1.74. The van der Waals surface area contributed by atoms with E-state index in [4.69, 9.17) is 0 Å². The Morgan fingerprint density at radius 2 is 1.73 bits per heavy atom. The first-order valence-electron chi connectivity index (χ1n) is 3.59. The third-order valence-corrected chi connectivity index (χ3v) is 1.33. The van der Waals surface area contributed by atoms with Gasteiger partial charge in [-0.25, -0.2) is 4.39 Å². The van der Waals surface area contributed by atoms with Crippen LogP contribution in [0, 0.1) is 5.82 Å². The fourth-order valence-electron chi connectivity index (χ4n) is 0.892. The number of rotatable bonds is 1. The zero-order valence-corrected chi connectivity index (χ0v) is 6.76. The van der Waals surface area contributed by atoms with Crippen molar-refractivity contribution in [3.05, 3.63) is 41.2 Å². The van der Waals surface area contributed by atoms with Gasteiger partial charge in [0.25, 0.3) is 0 Å². The summed E-state index contributed by atoms with van der Waals surface area (Å²) in [5, 5.41) is 0. The van der Waals surface area contributed by atoms with Crippen LogP contribution in [0.4, 0.5) is 4.39 Å². The van der Waals surface area contributed by atoms with Crippen LogP contribution in [0.15, 0.2) is 29.8 Å². The van der Waals surface area contributed by atoms with E-state index in [0.29, 0.717) is 0 Å². The molecule has 0 spiro atoms. The predicted octanol–water partition coefficient (Wildman–Crippen LogP) is 3.25. The highest BCUT2D eigenvalue weighted by Gasteiger charge is 1.88. The van der Waals surface area contributed by atoms with Crippen LogP contribution < -0.4 is 0 Å². The number of allylic oxidation sites excluding steroid dienone is 1. The summed E-state index contributed by atoms with van der Waals surface area (Å²) in [4.78, 5) is 0. The van der Waals surface area contributed by atoms with Gasteiger partial charge in [-0.15, -0.1) is 0 Å². The minimum Gasteiger partial charge on any atom is -0.207 e. The Morgan fingerprint density at radius 1 is 1.18 bits per heavy atom. The summed E-state index contributed by atoms with van der Waals surface area (Å²) in [5.74, 6) is -0.184. The van der Waals surface area contributed by atoms with E-state index in [1.54, 1.807) is 12.1 Å². The van der Waals surface area contributed by atoms with Crippen LogP contribution in [-0.2, 0) is 0 Å². The summed E-state index contributed by atoms with van der Waals surface area (Å²) in [6.45, 7) is 4.03. The minimum atomic E-state index is -0.184. The molecule has 0 aliphatic rings. The molecule has 0 N–H and O–H groups in total. The Morgan fingerprint density at radius 3 is 2.18 bits per heavy atom. The third-order valence-electron chi connectivity index (χ3n) is 1.33. The quantitative estimate of drug-likeness (QED) is 0.576. The molecule has 0 aromatic heterocycles. The Hall–Kier alpha value is -1.11. The number of hydrogen-bond acceptors (Lipinski definition) is 0. The standard InChI is InChI=1S/C10H11F/c1-8(2)7-9-3-5-10(11)6-4-9/h3-7H,1-2H3. The Bertz CT molecular complexity index is 253. The smallest absolute Gasteiger partial charge is 0.123 e. The molecular formula is C10H11F. The molecule has 1 rings (SSSR count). The average Bonchev–Trinajstić information content (AvgIpc) is 1.93. The molecule has 0 bridgehead atoms. The highest BCUT2D eigenvalue weighted by atomic mass is 19.1. The Labute approximate surface area is 66.4 Å². The molecule has 1 aromatic carbocycles. The van der Waals surface area contributed by atoms with Gasteiger partial charge in [0, 0.05) is 0 Å². The summed E-state index contributed by atoms with van der Waals surface area (Å²) < 4.78 is 12.4. The SMILES string of the molecule is CC(C)=Cc1ccc(F)cc1. The van der Waals surface area contributed by atoms with Crippen molar-refractivity contribution in [1.82, 2.24) is 0 Å². The van der Waals surface area contributed by atoms with E-state index in [0.717, 1.165) is 5.56 Å². The molecule has 1 aromatic rings. The van der Waals surface area contributed by atoms with Crippen LogP contribution in [0.1, 0.15) is 19.4 Å². The van der Waals surface area contributed by atoms with Gasteiger partial charge in [0.2, 0.25) is 0 Å². The van der Waals surface area contributed by atoms with Crippen LogP contribution in [0.3, 0.4) is 0 Å². The second kappa shape index (κ2) is 3.33. The lowest BCUT2D eigenvalue weighted by Gasteiger charge is -1.93. The molecule has 0 saturated carbocycles. The van der Waals surface area contributed by atoms with E-state index in [9.17, 15) is 4.39 Å². The molecule has 0 aliphatic heterocycles. The van der Waals surface area contributed by atoms with E-state index < -0.39 is 0 Å². The van der Waals surface area contributed by atoms with Gasteiger partial charge in [-0.1, -0.05) is 23.8 Å². The molecule has 0 unspecified atom stereocenters. The lowest BCUT2D eigenvalue weighted by atomic mass is 10.1. The van der Waals surface area contributed by atoms with E-state index in [1.807, 2.05) is 19.9 Å². The van der Waals surface area contributed by atoms with Crippen LogP contribution in [0.2, 0.25) is 0 Å². The summed E-state index contributed by atoms with van der Waals surface area (Å²) in [6.07, 6.45) is 2.01. The van der Waals surface area contributed by atoms with Crippen molar-refractivity contribution in [3.8, 4) is 0 Å². The van der Waals surface area contributed by atoms with Gasteiger partial charge >= 0.3 is 0 Å². The van der Waals surface area contributed by atoms with E-state index >= 15 is 0 Å². The van der Waals surface area contributed by atoms with Gasteiger partial charge in [-0.05, 0) is 31.5 Å². The van der Waals surface area contributed by atoms with Crippen molar-refractivity contribution in [2.24, 2.45) is 0 Å². The molecule has 0 heterocycles. The molecule has 0 radical (unpaired) electrons. The Kier molecular flexibility index (Phi) is 2.42. The third kappa shape index (κ3) is 2.54. The van der Waals surface area contributed by atoms with Crippen LogP contribution in [0.25, 0.3) is 6.08 Å². The van der Waals surface area contributed by atoms with Crippen molar-refractivity contribution in [1.29, 1.82) is 0 Å². The minimum absolute atomic E-state index is 0.184. The second-order valence-electron chi connectivity index (χ2n) is 2.77. The molecule has 0 saturated heterocycles.